The number of aromatic nitrogens is 4. The Labute approximate surface area is 98.7 Å². The van der Waals surface area contributed by atoms with Crippen molar-refractivity contribution in [3.8, 4) is 5.88 Å². The third-order valence-corrected chi connectivity index (χ3v) is 2.16. The second kappa shape index (κ2) is 5.15. The van der Waals surface area contributed by atoms with E-state index >= 15 is 0 Å². The van der Waals surface area contributed by atoms with Crippen molar-refractivity contribution in [1.29, 1.82) is 0 Å². The van der Waals surface area contributed by atoms with Crippen LogP contribution in [0.2, 0.25) is 0 Å². The molecule has 7 heteroatoms. The molecule has 0 aromatic carbocycles. The fourth-order valence-corrected chi connectivity index (χ4v) is 1.37. The zero-order valence-electron chi connectivity index (χ0n) is 9.50. The fourth-order valence-electron chi connectivity index (χ4n) is 1.37. The summed E-state index contributed by atoms with van der Waals surface area (Å²) in [5.74, 6) is 1.28. The van der Waals surface area contributed by atoms with Gasteiger partial charge in [-0.1, -0.05) is 0 Å². The maximum atomic E-state index is 5.54. The summed E-state index contributed by atoms with van der Waals surface area (Å²) < 4.78 is 6.97. The Morgan fingerprint density at radius 2 is 2.35 bits per heavy atom. The highest BCUT2D eigenvalue weighted by atomic mass is 16.5. The summed E-state index contributed by atoms with van der Waals surface area (Å²) in [6, 6.07) is 1.70. The first kappa shape index (κ1) is 11.2. The van der Waals surface area contributed by atoms with Crippen LogP contribution in [0.15, 0.2) is 24.8 Å². The van der Waals surface area contributed by atoms with Gasteiger partial charge in [-0.05, 0) is 0 Å². The van der Waals surface area contributed by atoms with Crippen LogP contribution in [0.4, 0.5) is 11.8 Å². The minimum absolute atomic E-state index is 0.189. The molecule has 2 aromatic heterocycles. The zero-order valence-corrected chi connectivity index (χ0v) is 9.50. The molecule has 0 aliphatic heterocycles. The minimum Gasteiger partial charge on any atom is -0.481 e. The molecule has 0 saturated heterocycles. The van der Waals surface area contributed by atoms with Gasteiger partial charge in [0, 0.05) is 31.5 Å². The van der Waals surface area contributed by atoms with Gasteiger partial charge in [0.15, 0.2) is 0 Å². The third kappa shape index (κ3) is 3.07. The number of nitrogens with one attached hydrogen (secondary N) is 1. The van der Waals surface area contributed by atoms with Crippen molar-refractivity contribution >= 4 is 11.8 Å². The Morgan fingerprint density at radius 3 is 3.06 bits per heavy atom. The average molecular weight is 234 g/mol. The van der Waals surface area contributed by atoms with E-state index in [4.69, 9.17) is 10.5 Å². The van der Waals surface area contributed by atoms with Gasteiger partial charge in [-0.2, -0.15) is 9.97 Å². The van der Waals surface area contributed by atoms with Crippen molar-refractivity contribution in [2.75, 3.05) is 24.7 Å². The molecule has 0 unspecified atom stereocenters. The lowest BCUT2D eigenvalue weighted by Crippen LogP contribution is -2.11. The molecule has 2 aromatic rings. The van der Waals surface area contributed by atoms with E-state index in [0.717, 1.165) is 13.1 Å². The number of hydrogen-bond donors (Lipinski definition) is 2. The largest absolute Gasteiger partial charge is 0.481 e. The third-order valence-electron chi connectivity index (χ3n) is 2.16. The molecule has 0 amide bonds. The van der Waals surface area contributed by atoms with Crippen molar-refractivity contribution < 1.29 is 4.74 Å². The van der Waals surface area contributed by atoms with Crippen LogP contribution in [0.1, 0.15) is 0 Å². The first-order chi connectivity index (χ1) is 8.28. The first-order valence-corrected chi connectivity index (χ1v) is 5.16. The van der Waals surface area contributed by atoms with Gasteiger partial charge in [-0.15, -0.1) is 0 Å². The standard InChI is InChI=1S/C10H14N6O/c1-17-9-6-8(14-10(11)15-9)13-3-5-16-4-2-12-7-16/h2,4,6-7H,3,5H2,1H3,(H3,11,13,14,15). The molecule has 0 saturated carbocycles. The van der Waals surface area contributed by atoms with Crippen LogP contribution in [0.5, 0.6) is 5.88 Å². The molecule has 0 fully saturated rings. The van der Waals surface area contributed by atoms with E-state index in [1.165, 1.54) is 7.11 Å². The Kier molecular flexibility index (Phi) is 3.39. The number of nitrogen functional groups attached to an aromatic ring is 1. The van der Waals surface area contributed by atoms with Crippen LogP contribution >= 0.6 is 0 Å². The van der Waals surface area contributed by atoms with Gasteiger partial charge in [0.25, 0.3) is 0 Å². The minimum atomic E-state index is 0.189. The van der Waals surface area contributed by atoms with E-state index in [2.05, 4.69) is 20.3 Å². The number of hydrogen-bond acceptors (Lipinski definition) is 6. The highest BCUT2D eigenvalue weighted by Gasteiger charge is 2.01. The second-order valence-electron chi connectivity index (χ2n) is 3.38. The molecule has 0 bridgehead atoms. The van der Waals surface area contributed by atoms with Crippen LogP contribution < -0.4 is 15.8 Å². The van der Waals surface area contributed by atoms with E-state index in [9.17, 15) is 0 Å². The maximum absolute atomic E-state index is 5.54. The summed E-state index contributed by atoms with van der Waals surface area (Å²) in [7, 11) is 1.54. The summed E-state index contributed by atoms with van der Waals surface area (Å²) in [5, 5.41) is 3.14. The SMILES string of the molecule is COc1cc(NCCn2ccnc2)nc(N)n1. The Morgan fingerprint density at radius 1 is 1.47 bits per heavy atom. The van der Waals surface area contributed by atoms with Gasteiger partial charge < -0.3 is 20.4 Å². The Hall–Kier alpha value is -2.31. The summed E-state index contributed by atoms with van der Waals surface area (Å²) in [6.45, 7) is 1.52. The molecule has 90 valence electrons. The van der Waals surface area contributed by atoms with E-state index in [1.807, 2.05) is 10.8 Å². The summed E-state index contributed by atoms with van der Waals surface area (Å²) in [4.78, 5) is 11.9. The number of rotatable bonds is 5. The number of imidazole rings is 1. The number of nitrogens with two attached hydrogens (primary N) is 1. The van der Waals surface area contributed by atoms with Gasteiger partial charge in [0.2, 0.25) is 11.8 Å². The molecular formula is C10H14N6O. The summed E-state index contributed by atoms with van der Waals surface area (Å²) >= 11 is 0. The highest BCUT2D eigenvalue weighted by Crippen LogP contribution is 2.13. The molecule has 0 radical (unpaired) electrons. The summed E-state index contributed by atoms with van der Waals surface area (Å²) in [5.41, 5.74) is 5.54. The number of ether oxygens (including phenoxy) is 1. The van der Waals surface area contributed by atoms with Crippen molar-refractivity contribution in [3.05, 3.63) is 24.8 Å². The van der Waals surface area contributed by atoms with Crippen LogP contribution in [-0.2, 0) is 6.54 Å². The predicted molar refractivity (Wildman–Crippen MR) is 63.7 cm³/mol. The van der Waals surface area contributed by atoms with E-state index in [-0.39, 0.29) is 5.95 Å². The molecule has 2 rings (SSSR count). The first-order valence-electron chi connectivity index (χ1n) is 5.16. The van der Waals surface area contributed by atoms with Gasteiger partial charge in [0.1, 0.15) is 5.82 Å². The van der Waals surface area contributed by atoms with E-state index < -0.39 is 0 Å². The number of anilines is 2. The fraction of sp³-hybridized carbons (Fsp3) is 0.300. The molecule has 0 aliphatic carbocycles. The van der Waals surface area contributed by atoms with Crippen LogP contribution in [0.25, 0.3) is 0 Å². The zero-order chi connectivity index (χ0) is 12.1. The Bertz CT molecular complexity index is 470. The molecule has 0 atom stereocenters. The normalized spacial score (nSPS) is 10.2. The van der Waals surface area contributed by atoms with Gasteiger partial charge in [0.05, 0.1) is 13.4 Å². The van der Waals surface area contributed by atoms with Crippen LogP contribution in [0, 0.1) is 0 Å². The van der Waals surface area contributed by atoms with Gasteiger partial charge in [-0.3, -0.25) is 0 Å². The van der Waals surface area contributed by atoms with Crippen LogP contribution in [0.3, 0.4) is 0 Å². The highest BCUT2D eigenvalue weighted by molar-refractivity contribution is 5.42. The maximum Gasteiger partial charge on any atom is 0.225 e. The van der Waals surface area contributed by atoms with E-state index in [0.29, 0.717) is 11.7 Å². The molecule has 0 aliphatic rings. The van der Waals surface area contributed by atoms with Gasteiger partial charge in [-0.25, -0.2) is 4.98 Å². The lowest BCUT2D eigenvalue weighted by atomic mass is 10.5. The van der Waals surface area contributed by atoms with Crippen molar-refractivity contribution in [2.24, 2.45) is 0 Å². The monoisotopic (exact) mass is 234 g/mol. The van der Waals surface area contributed by atoms with Crippen LogP contribution in [-0.4, -0.2) is 33.2 Å². The molecule has 2 heterocycles. The number of methoxy groups -OCH3 is 1. The second-order valence-corrected chi connectivity index (χ2v) is 3.38. The summed E-state index contributed by atoms with van der Waals surface area (Å²) in [6.07, 6.45) is 5.40. The molecule has 3 N–H and O–H groups in total. The molecule has 17 heavy (non-hydrogen) atoms. The Balaban J connectivity index is 1.92. The lowest BCUT2D eigenvalue weighted by molar-refractivity contribution is 0.398. The number of nitrogens with zero attached hydrogens (tertiary/aromatic N) is 4. The average Bonchev–Trinajstić information content (AvgIpc) is 2.81. The van der Waals surface area contributed by atoms with E-state index in [1.54, 1.807) is 18.6 Å². The molecular weight excluding hydrogens is 220 g/mol. The smallest absolute Gasteiger partial charge is 0.225 e. The molecule has 0 spiro atoms. The lowest BCUT2D eigenvalue weighted by Gasteiger charge is -2.07. The van der Waals surface area contributed by atoms with Crippen molar-refractivity contribution in [1.82, 2.24) is 19.5 Å². The predicted octanol–water partition coefficient (Wildman–Crippen LogP) is 0.376. The topological polar surface area (TPSA) is 90.9 Å². The molecule has 7 nitrogen and oxygen atoms in total. The van der Waals surface area contributed by atoms with Gasteiger partial charge >= 0.3 is 0 Å². The van der Waals surface area contributed by atoms with Crippen molar-refractivity contribution in [3.63, 3.8) is 0 Å². The van der Waals surface area contributed by atoms with Crippen molar-refractivity contribution in [2.45, 2.75) is 6.54 Å². The quantitative estimate of drug-likeness (QED) is 0.777.